The van der Waals surface area contributed by atoms with Crippen LogP contribution in [0.3, 0.4) is 0 Å². The van der Waals surface area contributed by atoms with Crippen molar-refractivity contribution in [2.75, 3.05) is 0 Å². The number of hydrogen-bond acceptors (Lipinski definition) is 1. The van der Waals surface area contributed by atoms with Crippen LogP contribution in [0.1, 0.15) is 31.7 Å². The van der Waals surface area contributed by atoms with Gasteiger partial charge in [-0.3, -0.25) is 4.79 Å². The highest BCUT2D eigenvalue weighted by molar-refractivity contribution is 5.83. The normalized spacial score (nSPS) is 12.5. The summed E-state index contributed by atoms with van der Waals surface area (Å²) in [5.74, 6) is 0. The van der Waals surface area contributed by atoms with Gasteiger partial charge in [-0.2, -0.15) is 0 Å². The third-order valence-corrected chi connectivity index (χ3v) is 3.35. The number of fused-ring (bicyclic) bond motifs is 1. The number of aromatic nitrogens is 1. The maximum atomic E-state index is 10.7. The Hall–Kier alpha value is -1.77. The molecular formula is C15H20N2O. The van der Waals surface area contributed by atoms with Crippen LogP contribution in [0.15, 0.2) is 30.5 Å². The average molecular weight is 244 g/mol. The van der Waals surface area contributed by atoms with Crippen molar-refractivity contribution < 1.29 is 4.79 Å². The van der Waals surface area contributed by atoms with Crippen molar-refractivity contribution in [2.45, 2.75) is 38.6 Å². The zero-order valence-corrected chi connectivity index (χ0v) is 10.8. The molecule has 3 nitrogen and oxygen atoms in total. The Morgan fingerprint density at radius 3 is 3.00 bits per heavy atom. The molecule has 0 saturated heterocycles. The molecule has 0 aliphatic heterocycles. The Morgan fingerprint density at radius 2 is 2.22 bits per heavy atom. The fourth-order valence-electron chi connectivity index (χ4n) is 2.36. The predicted octanol–water partition coefficient (Wildman–Crippen LogP) is 3.02. The van der Waals surface area contributed by atoms with Gasteiger partial charge in [0, 0.05) is 23.1 Å². The number of benzene rings is 1. The predicted molar refractivity (Wildman–Crippen MR) is 74.5 cm³/mol. The number of para-hydroxylation sites is 1. The van der Waals surface area contributed by atoms with Gasteiger partial charge in [-0.1, -0.05) is 38.0 Å². The van der Waals surface area contributed by atoms with E-state index < -0.39 is 0 Å². The van der Waals surface area contributed by atoms with Crippen molar-refractivity contribution in [3.8, 4) is 0 Å². The second-order valence-corrected chi connectivity index (χ2v) is 4.69. The largest absolute Gasteiger partial charge is 0.361 e. The van der Waals surface area contributed by atoms with E-state index in [1.54, 1.807) is 0 Å². The van der Waals surface area contributed by atoms with E-state index in [-0.39, 0.29) is 6.04 Å². The van der Waals surface area contributed by atoms with Gasteiger partial charge in [0.25, 0.3) is 0 Å². The van der Waals surface area contributed by atoms with Crippen LogP contribution in [-0.4, -0.2) is 17.4 Å². The highest BCUT2D eigenvalue weighted by atomic mass is 16.1. The third kappa shape index (κ3) is 2.92. The molecule has 1 heterocycles. The van der Waals surface area contributed by atoms with E-state index in [9.17, 15) is 4.79 Å². The molecule has 0 fully saturated rings. The number of unbranched alkanes of at least 4 members (excludes halogenated alkanes) is 1. The minimum absolute atomic E-state index is 0.238. The molecule has 1 aromatic heterocycles. The van der Waals surface area contributed by atoms with Crippen molar-refractivity contribution >= 4 is 17.3 Å². The Kier molecular flexibility index (Phi) is 4.40. The van der Waals surface area contributed by atoms with Gasteiger partial charge in [0.15, 0.2) is 0 Å². The van der Waals surface area contributed by atoms with Gasteiger partial charge >= 0.3 is 0 Å². The highest BCUT2D eigenvalue weighted by Crippen LogP contribution is 2.20. The quantitative estimate of drug-likeness (QED) is 0.722. The van der Waals surface area contributed by atoms with Crippen molar-refractivity contribution in [3.05, 3.63) is 36.0 Å². The molecule has 0 aliphatic carbocycles. The summed E-state index contributed by atoms with van der Waals surface area (Å²) in [7, 11) is 0. The fourth-order valence-corrected chi connectivity index (χ4v) is 2.36. The number of H-pyrrole nitrogens is 1. The van der Waals surface area contributed by atoms with Gasteiger partial charge in [0.2, 0.25) is 6.41 Å². The lowest BCUT2D eigenvalue weighted by atomic mass is 10.0. The summed E-state index contributed by atoms with van der Waals surface area (Å²) in [5, 5.41) is 4.18. The molecule has 1 atom stereocenters. The number of nitrogens with one attached hydrogen (secondary N) is 2. The van der Waals surface area contributed by atoms with Gasteiger partial charge in [-0.15, -0.1) is 0 Å². The van der Waals surface area contributed by atoms with Crippen molar-refractivity contribution in [2.24, 2.45) is 0 Å². The lowest BCUT2D eigenvalue weighted by Gasteiger charge is -2.15. The minimum atomic E-state index is 0.238. The lowest BCUT2D eigenvalue weighted by Crippen LogP contribution is -2.29. The molecule has 1 aromatic carbocycles. The molecule has 0 saturated carbocycles. The second-order valence-electron chi connectivity index (χ2n) is 4.69. The van der Waals surface area contributed by atoms with Crippen LogP contribution in [0, 0.1) is 0 Å². The summed E-state index contributed by atoms with van der Waals surface area (Å²) in [6.45, 7) is 2.17. The van der Waals surface area contributed by atoms with Gasteiger partial charge in [0.1, 0.15) is 0 Å². The first-order valence-corrected chi connectivity index (χ1v) is 6.59. The lowest BCUT2D eigenvalue weighted by molar-refractivity contribution is -0.110. The average Bonchev–Trinajstić information content (AvgIpc) is 2.80. The molecule has 2 rings (SSSR count). The number of amides is 1. The molecule has 0 bridgehead atoms. The van der Waals surface area contributed by atoms with E-state index in [1.165, 1.54) is 10.9 Å². The van der Waals surface area contributed by atoms with Crippen LogP contribution >= 0.6 is 0 Å². The standard InChI is InChI=1S/C15H20N2O/c1-2-3-6-13(17-11-18)9-12-10-16-15-8-5-4-7-14(12)15/h4-5,7-8,10-11,13,16H,2-3,6,9H2,1H3,(H,17,18). The maximum absolute atomic E-state index is 10.7. The molecule has 96 valence electrons. The van der Waals surface area contributed by atoms with E-state index in [2.05, 4.69) is 35.6 Å². The van der Waals surface area contributed by atoms with Gasteiger partial charge in [0.05, 0.1) is 0 Å². The Balaban J connectivity index is 2.12. The van der Waals surface area contributed by atoms with Crippen LogP contribution in [0.5, 0.6) is 0 Å². The summed E-state index contributed by atoms with van der Waals surface area (Å²) >= 11 is 0. The summed E-state index contributed by atoms with van der Waals surface area (Å²) in [4.78, 5) is 13.9. The van der Waals surface area contributed by atoms with Crippen molar-refractivity contribution in [1.29, 1.82) is 0 Å². The number of rotatable bonds is 7. The zero-order chi connectivity index (χ0) is 12.8. The molecule has 2 aromatic rings. The zero-order valence-electron chi connectivity index (χ0n) is 10.8. The van der Waals surface area contributed by atoms with E-state index in [4.69, 9.17) is 0 Å². The Morgan fingerprint density at radius 1 is 1.39 bits per heavy atom. The molecule has 1 amide bonds. The molecule has 1 unspecified atom stereocenters. The molecule has 2 N–H and O–H groups in total. The topological polar surface area (TPSA) is 44.9 Å². The first-order valence-electron chi connectivity index (χ1n) is 6.59. The molecule has 0 spiro atoms. The van der Waals surface area contributed by atoms with E-state index in [0.717, 1.165) is 37.6 Å². The minimum Gasteiger partial charge on any atom is -0.361 e. The first kappa shape index (κ1) is 12.7. The van der Waals surface area contributed by atoms with E-state index in [0.29, 0.717) is 0 Å². The first-order chi connectivity index (χ1) is 8.85. The van der Waals surface area contributed by atoms with Gasteiger partial charge < -0.3 is 10.3 Å². The van der Waals surface area contributed by atoms with Crippen molar-refractivity contribution in [3.63, 3.8) is 0 Å². The number of carbonyl (C=O) groups excluding carboxylic acids is 1. The number of carbonyl (C=O) groups is 1. The Bertz CT molecular complexity index is 504. The SMILES string of the molecule is CCCCC(Cc1c[nH]c2ccccc12)NC=O. The van der Waals surface area contributed by atoms with E-state index in [1.807, 2.05) is 12.1 Å². The van der Waals surface area contributed by atoms with Crippen molar-refractivity contribution in [1.82, 2.24) is 10.3 Å². The highest BCUT2D eigenvalue weighted by Gasteiger charge is 2.11. The van der Waals surface area contributed by atoms with E-state index >= 15 is 0 Å². The number of hydrogen-bond donors (Lipinski definition) is 2. The van der Waals surface area contributed by atoms with Crippen LogP contribution in [-0.2, 0) is 11.2 Å². The van der Waals surface area contributed by atoms with Gasteiger partial charge in [-0.05, 0) is 24.5 Å². The molecule has 0 radical (unpaired) electrons. The van der Waals surface area contributed by atoms with Crippen LogP contribution in [0.25, 0.3) is 10.9 Å². The Labute approximate surface area is 108 Å². The van der Waals surface area contributed by atoms with Crippen LogP contribution in [0.2, 0.25) is 0 Å². The molecular weight excluding hydrogens is 224 g/mol. The third-order valence-electron chi connectivity index (χ3n) is 3.35. The molecule has 0 aliphatic rings. The maximum Gasteiger partial charge on any atom is 0.207 e. The van der Waals surface area contributed by atoms with Crippen LogP contribution < -0.4 is 5.32 Å². The summed E-state index contributed by atoms with van der Waals surface area (Å²) < 4.78 is 0. The molecule has 3 heteroatoms. The van der Waals surface area contributed by atoms with Crippen LogP contribution in [0.4, 0.5) is 0 Å². The summed E-state index contributed by atoms with van der Waals surface area (Å²) in [5.41, 5.74) is 2.44. The monoisotopic (exact) mass is 244 g/mol. The summed E-state index contributed by atoms with van der Waals surface area (Å²) in [6, 6.07) is 8.52. The summed E-state index contributed by atoms with van der Waals surface area (Å²) in [6.07, 6.45) is 7.10. The smallest absolute Gasteiger partial charge is 0.207 e. The van der Waals surface area contributed by atoms with Gasteiger partial charge in [-0.25, -0.2) is 0 Å². The number of aromatic amines is 1. The second kappa shape index (κ2) is 6.24. The fraction of sp³-hybridized carbons (Fsp3) is 0.400. The molecule has 18 heavy (non-hydrogen) atoms.